The highest BCUT2D eigenvalue weighted by atomic mass is 32.2. The van der Waals surface area contributed by atoms with Gasteiger partial charge in [0.1, 0.15) is 0 Å². The van der Waals surface area contributed by atoms with E-state index in [0.29, 0.717) is 24.6 Å². The summed E-state index contributed by atoms with van der Waals surface area (Å²) in [6, 6.07) is 0. The number of hydrogen-bond acceptors (Lipinski definition) is 8. The Bertz CT molecular complexity index is 419. The Balaban J connectivity index is 4.78. The first-order valence-electron chi connectivity index (χ1n) is 10.5. The van der Waals surface area contributed by atoms with Crippen LogP contribution in [0.5, 0.6) is 0 Å². The van der Waals surface area contributed by atoms with Gasteiger partial charge in [0.2, 0.25) is 0 Å². The zero-order valence-electron chi connectivity index (χ0n) is 17.9. The third-order valence-electron chi connectivity index (χ3n) is 4.85. The van der Waals surface area contributed by atoms with E-state index in [2.05, 4.69) is 30.1 Å². The first-order chi connectivity index (χ1) is 13.5. The van der Waals surface area contributed by atoms with Gasteiger partial charge < -0.3 is 9.47 Å². The molecule has 8 heteroatoms. The molecule has 0 saturated carbocycles. The van der Waals surface area contributed by atoms with Crippen molar-refractivity contribution in [1.29, 1.82) is 0 Å². The molecule has 0 heterocycles. The number of rotatable bonds is 18. The van der Waals surface area contributed by atoms with E-state index in [1.807, 2.05) is 0 Å². The molecule has 0 aliphatic rings. The maximum absolute atomic E-state index is 12.6. The van der Waals surface area contributed by atoms with E-state index >= 15 is 0 Å². The summed E-state index contributed by atoms with van der Waals surface area (Å²) in [6.07, 6.45) is 8.10. The highest BCUT2D eigenvalue weighted by Gasteiger charge is 2.44. The average Bonchev–Trinajstić information content (AvgIpc) is 2.70. The van der Waals surface area contributed by atoms with E-state index in [4.69, 9.17) is 14.7 Å². The minimum absolute atomic E-state index is 0.213. The zero-order chi connectivity index (χ0) is 21.3. The fourth-order valence-electron chi connectivity index (χ4n) is 2.76. The van der Waals surface area contributed by atoms with Gasteiger partial charge in [0.25, 0.3) is 0 Å². The van der Waals surface area contributed by atoms with Gasteiger partial charge in [-0.1, -0.05) is 71.3 Å². The Kier molecular flexibility index (Phi) is 16.6. The average molecular weight is 423 g/mol. The molecule has 28 heavy (non-hydrogen) atoms. The molecule has 1 N–H and O–H groups in total. The maximum Gasteiger partial charge on any atom is 0.325 e. The van der Waals surface area contributed by atoms with Crippen molar-refractivity contribution < 1.29 is 33.7 Å². The van der Waals surface area contributed by atoms with Gasteiger partial charge in [-0.25, -0.2) is 5.26 Å². The monoisotopic (exact) mass is 422 g/mol. The SMILES string of the molecule is CCCCCCOC(=O)C(CC)(CC(=O)OCC(CC)CCCC)SOOO. The minimum Gasteiger partial charge on any atom is -0.465 e. The summed E-state index contributed by atoms with van der Waals surface area (Å²) in [5.41, 5.74) is 0. The molecule has 0 aromatic carbocycles. The Morgan fingerprint density at radius 1 is 1.00 bits per heavy atom. The molecule has 7 nitrogen and oxygen atoms in total. The topological polar surface area (TPSA) is 91.3 Å². The lowest BCUT2D eigenvalue weighted by Crippen LogP contribution is -2.39. The summed E-state index contributed by atoms with van der Waals surface area (Å²) in [5.74, 6) is -0.743. The minimum atomic E-state index is -1.32. The molecule has 166 valence electrons. The van der Waals surface area contributed by atoms with E-state index < -0.39 is 16.7 Å². The van der Waals surface area contributed by atoms with E-state index in [-0.39, 0.29) is 19.4 Å². The van der Waals surface area contributed by atoms with Gasteiger partial charge >= 0.3 is 11.9 Å². The first kappa shape index (κ1) is 27.2. The lowest BCUT2D eigenvalue weighted by atomic mass is 10.00. The number of carbonyl (C=O) groups is 2. The molecule has 0 aliphatic heterocycles. The van der Waals surface area contributed by atoms with Crippen molar-refractivity contribution in [3.63, 3.8) is 0 Å². The van der Waals surface area contributed by atoms with Gasteiger partial charge in [0.15, 0.2) is 4.75 Å². The van der Waals surface area contributed by atoms with Crippen molar-refractivity contribution in [3.8, 4) is 0 Å². The zero-order valence-corrected chi connectivity index (χ0v) is 18.7. The summed E-state index contributed by atoms with van der Waals surface area (Å²) >= 11 is 0.580. The molecule has 0 fully saturated rings. The second-order valence-electron chi connectivity index (χ2n) is 7.05. The molecular formula is C20H38O7S. The molecule has 0 aromatic heterocycles. The molecule has 0 rings (SSSR count). The highest BCUT2D eigenvalue weighted by molar-refractivity contribution is 7.96. The van der Waals surface area contributed by atoms with Crippen LogP contribution in [-0.2, 0) is 28.4 Å². The van der Waals surface area contributed by atoms with Crippen LogP contribution in [0.3, 0.4) is 0 Å². The Morgan fingerprint density at radius 2 is 1.71 bits per heavy atom. The van der Waals surface area contributed by atoms with E-state index in [1.165, 1.54) is 0 Å². The van der Waals surface area contributed by atoms with Crippen molar-refractivity contribution in [2.75, 3.05) is 13.2 Å². The van der Waals surface area contributed by atoms with Crippen LogP contribution in [0.15, 0.2) is 0 Å². The largest absolute Gasteiger partial charge is 0.465 e. The Morgan fingerprint density at radius 3 is 2.29 bits per heavy atom. The number of hydrogen-bond donors (Lipinski definition) is 1. The van der Waals surface area contributed by atoms with Crippen LogP contribution >= 0.6 is 12.0 Å². The van der Waals surface area contributed by atoms with Crippen LogP contribution in [0.1, 0.15) is 91.9 Å². The van der Waals surface area contributed by atoms with Crippen LogP contribution in [0.25, 0.3) is 0 Å². The molecule has 0 spiro atoms. The number of esters is 2. The Hall–Kier alpha value is -0.830. The van der Waals surface area contributed by atoms with Gasteiger partial charge in [-0.15, -0.1) is 4.33 Å². The molecule has 0 saturated heterocycles. The van der Waals surface area contributed by atoms with Crippen molar-refractivity contribution in [1.82, 2.24) is 0 Å². The van der Waals surface area contributed by atoms with Crippen LogP contribution in [0, 0.1) is 5.92 Å². The fourth-order valence-corrected chi connectivity index (χ4v) is 3.34. The highest BCUT2D eigenvalue weighted by Crippen LogP contribution is 2.35. The van der Waals surface area contributed by atoms with Crippen molar-refractivity contribution >= 4 is 24.0 Å². The summed E-state index contributed by atoms with van der Waals surface area (Å²) in [6.45, 7) is 8.67. The third-order valence-corrected chi connectivity index (χ3v) is 5.90. The predicted molar refractivity (Wildman–Crippen MR) is 109 cm³/mol. The van der Waals surface area contributed by atoms with E-state index in [1.54, 1.807) is 6.92 Å². The Labute approximate surface area is 173 Å². The van der Waals surface area contributed by atoms with Crippen LogP contribution in [0.4, 0.5) is 0 Å². The number of ether oxygens (including phenoxy) is 2. The molecule has 0 radical (unpaired) electrons. The third kappa shape index (κ3) is 11.2. The van der Waals surface area contributed by atoms with Crippen molar-refractivity contribution in [3.05, 3.63) is 0 Å². The molecule has 2 unspecified atom stereocenters. The predicted octanol–water partition coefficient (Wildman–Crippen LogP) is 5.48. The quantitative estimate of drug-likeness (QED) is 0.102. The maximum atomic E-state index is 12.6. The summed E-state index contributed by atoms with van der Waals surface area (Å²) in [7, 11) is 0. The second kappa shape index (κ2) is 17.1. The van der Waals surface area contributed by atoms with Crippen LogP contribution < -0.4 is 0 Å². The molecule has 0 aliphatic carbocycles. The first-order valence-corrected chi connectivity index (χ1v) is 11.2. The lowest BCUT2D eigenvalue weighted by Gasteiger charge is -2.27. The summed E-state index contributed by atoms with van der Waals surface area (Å²) < 4.78 is 14.0. The molecule has 0 bridgehead atoms. The fraction of sp³-hybridized carbons (Fsp3) is 0.900. The second-order valence-corrected chi connectivity index (χ2v) is 8.13. The summed E-state index contributed by atoms with van der Waals surface area (Å²) in [5, 5.41) is 12.1. The molecule has 0 amide bonds. The lowest BCUT2D eigenvalue weighted by molar-refractivity contribution is -0.432. The van der Waals surface area contributed by atoms with Crippen molar-refractivity contribution in [2.24, 2.45) is 5.92 Å². The van der Waals surface area contributed by atoms with E-state index in [9.17, 15) is 9.59 Å². The van der Waals surface area contributed by atoms with Gasteiger partial charge in [-0.05, 0) is 25.2 Å². The molecule has 2 atom stereocenters. The van der Waals surface area contributed by atoms with Crippen LogP contribution in [0.2, 0.25) is 0 Å². The standard InChI is InChI=1S/C20H38O7S/c1-5-9-11-12-14-24-19(22)20(8-4,28-27-26-23)15-18(21)25-16-17(7-3)13-10-6-2/h17,23H,5-16H2,1-4H3. The van der Waals surface area contributed by atoms with Gasteiger partial charge in [0, 0.05) is 0 Å². The number of carbonyl (C=O) groups excluding carboxylic acids is 2. The molecular weight excluding hydrogens is 384 g/mol. The molecule has 0 aromatic rings. The van der Waals surface area contributed by atoms with E-state index in [0.717, 1.165) is 51.4 Å². The van der Waals surface area contributed by atoms with Gasteiger partial charge in [0.05, 0.1) is 31.7 Å². The van der Waals surface area contributed by atoms with Crippen LogP contribution in [-0.4, -0.2) is 35.2 Å². The normalized spacial score (nSPS) is 14.3. The smallest absolute Gasteiger partial charge is 0.325 e. The van der Waals surface area contributed by atoms with Gasteiger partial charge in [-0.2, -0.15) is 0 Å². The summed E-state index contributed by atoms with van der Waals surface area (Å²) in [4.78, 5) is 25.0. The number of unbranched alkanes of at least 4 members (excludes halogenated alkanes) is 4. The van der Waals surface area contributed by atoms with Gasteiger partial charge in [-0.3, -0.25) is 9.59 Å². The van der Waals surface area contributed by atoms with Crippen molar-refractivity contribution in [2.45, 2.75) is 96.7 Å².